The third kappa shape index (κ3) is 7.38. The third-order valence-corrected chi connectivity index (χ3v) is 5.37. The second kappa shape index (κ2) is 11.5. The van der Waals surface area contributed by atoms with E-state index in [-0.39, 0.29) is 18.4 Å². The Morgan fingerprint density at radius 3 is 2.32 bits per heavy atom. The maximum atomic E-state index is 12.5. The maximum Gasteiger partial charge on any atom is 0.315 e. The van der Waals surface area contributed by atoms with Gasteiger partial charge in [-0.3, -0.25) is 9.69 Å². The fourth-order valence-electron chi connectivity index (χ4n) is 3.47. The Morgan fingerprint density at radius 1 is 1.03 bits per heavy atom. The smallest absolute Gasteiger partial charge is 0.315 e. The minimum absolute atomic E-state index is 0.0726. The van der Waals surface area contributed by atoms with Gasteiger partial charge in [-0.2, -0.15) is 0 Å². The Balaban J connectivity index is 1.52. The van der Waals surface area contributed by atoms with E-state index in [1.165, 1.54) is 12.7 Å². The monoisotopic (exact) mass is 425 g/mol. The molecule has 0 spiro atoms. The Labute approximate surface area is 183 Å². The summed E-state index contributed by atoms with van der Waals surface area (Å²) in [6, 6.07) is 15.2. The van der Waals surface area contributed by atoms with Crippen LogP contribution in [-0.2, 0) is 27.4 Å². The molecule has 3 rings (SSSR count). The summed E-state index contributed by atoms with van der Waals surface area (Å²) >= 11 is 0. The summed E-state index contributed by atoms with van der Waals surface area (Å²) in [5, 5.41) is 5.76. The zero-order valence-electron chi connectivity index (χ0n) is 18.2. The zero-order chi connectivity index (χ0) is 22.1. The van der Waals surface area contributed by atoms with Crippen molar-refractivity contribution >= 4 is 12.0 Å². The third-order valence-electron chi connectivity index (χ3n) is 5.37. The van der Waals surface area contributed by atoms with E-state index in [0.29, 0.717) is 6.54 Å². The molecule has 2 aromatic carbocycles. The van der Waals surface area contributed by atoms with Crippen LogP contribution in [0.25, 0.3) is 0 Å². The average Bonchev–Trinajstić information content (AvgIpc) is 2.79. The number of morpholine rings is 1. The quantitative estimate of drug-likeness (QED) is 0.636. The van der Waals surface area contributed by atoms with Crippen molar-refractivity contribution in [2.45, 2.75) is 32.5 Å². The second-order valence-electron chi connectivity index (χ2n) is 7.78. The fraction of sp³-hybridized carbons (Fsp3) is 0.417. The molecule has 2 N–H and O–H groups in total. The van der Waals surface area contributed by atoms with Crippen molar-refractivity contribution in [2.75, 3.05) is 33.4 Å². The van der Waals surface area contributed by atoms with Crippen molar-refractivity contribution in [3.63, 3.8) is 0 Å². The number of urea groups is 1. The molecule has 1 heterocycles. The van der Waals surface area contributed by atoms with E-state index in [1.807, 2.05) is 43.3 Å². The molecule has 1 atom stereocenters. The number of ether oxygens (including phenoxy) is 2. The van der Waals surface area contributed by atoms with E-state index in [4.69, 9.17) is 9.47 Å². The Kier molecular flexibility index (Phi) is 8.44. The van der Waals surface area contributed by atoms with Crippen LogP contribution in [0, 0.1) is 6.92 Å². The number of nitrogens with zero attached hydrogens (tertiary/aromatic N) is 1. The number of hydrogen-bond donors (Lipinski definition) is 2. The van der Waals surface area contributed by atoms with Gasteiger partial charge in [-0.15, -0.1) is 0 Å². The summed E-state index contributed by atoms with van der Waals surface area (Å²) in [4.78, 5) is 26.6. The zero-order valence-corrected chi connectivity index (χ0v) is 18.2. The molecule has 0 saturated carbocycles. The minimum atomic E-state index is -0.455. The fourth-order valence-corrected chi connectivity index (χ4v) is 3.47. The van der Waals surface area contributed by atoms with Gasteiger partial charge in [-0.25, -0.2) is 4.79 Å². The van der Waals surface area contributed by atoms with Crippen LogP contribution in [0.5, 0.6) is 0 Å². The molecule has 7 nitrogen and oxygen atoms in total. The lowest BCUT2D eigenvalue weighted by Gasteiger charge is -2.26. The van der Waals surface area contributed by atoms with Gasteiger partial charge in [0.1, 0.15) is 0 Å². The SMILES string of the molecule is COC(=O)CC(NC(=O)NCc1ccc(CN2CCOCC2)cc1)c1ccc(C)cc1. The molecule has 0 bridgehead atoms. The van der Waals surface area contributed by atoms with Crippen LogP contribution in [0.3, 0.4) is 0 Å². The number of methoxy groups -OCH3 is 1. The summed E-state index contributed by atoms with van der Waals surface area (Å²) < 4.78 is 10.2. The van der Waals surface area contributed by atoms with Crippen LogP contribution >= 0.6 is 0 Å². The highest BCUT2D eigenvalue weighted by atomic mass is 16.5. The molecule has 31 heavy (non-hydrogen) atoms. The highest BCUT2D eigenvalue weighted by Crippen LogP contribution is 2.18. The number of benzene rings is 2. The Hall–Kier alpha value is -2.90. The average molecular weight is 426 g/mol. The van der Waals surface area contributed by atoms with Crippen LogP contribution in [0.4, 0.5) is 4.79 Å². The number of carbonyl (C=O) groups is 2. The lowest BCUT2D eigenvalue weighted by atomic mass is 10.0. The molecule has 1 aliphatic rings. The molecular weight excluding hydrogens is 394 g/mol. The number of rotatable bonds is 8. The normalized spacial score (nSPS) is 15.2. The summed E-state index contributed by atoms with van der Waals surface area (Å²) in [5.74, 6) is -0.373. The van der Waals surface area contributed by atoms with Gasteiger partial charge < -0.3 is 20.1 Å². The van der Waals surface area contributed by atoms with Crippen LogP contribution < -0.4 is 10.6 Å². The first-order valence-electron chi connectivity index (χ1n) is 10.6. The number of amides is 2. The van der Waals surface area contributed by atoms with Crippen LogP contribution in [0.2, 0.25) is 0 Å². The number of carbonyl (C=O) groups excluding carboxylic acids is 2. The number of nitrogens with one attached hydrogen (secondary N) is 2. The van der Waals surface area contributed by atoms with Crippen molar-refractivity contribution in [1.29, 1.82) is 0 Å². The predicted octanol–water partition coefficient (Wildman–Crippen LogP) is 2.93. The van der Waals surface area contributed by atoms with Gasteiger partial charge in [-0.05, 0) is 23.6 Å². The predicted molar refractivity (Wildman–Crippen MR) is 118 cm³/mol. The summed E-state index contributed by atoms with van der Waals surface area (Å²) in [6.45, 7) is 6.79. The lowest BCUT2D eigenvalue weighted by Crippen LogP contribution is -2.38. The first-order chi connectivity index (χ1) is 15.0. The molecule has 1 fully saturated rings. The van der Waals surface area contributed by atoms with Crippen LogP contribution in [-0.4, -0.2) is 50.3 Å². The minimum Gasteiger partial charge on any atom is -0.469 e. The van der Waals surface area contributed by atoms with Crippen molar-refractivity contribution in [3.8, 4) is 0 Å². The lowest BCUT2D eigenvalue weighted by molar-refractivity contribution is -0.141. The van der Waals surface area contributed by atoms with Crippen molar-refractivity contribution < 1.29 is 19.1 Å². The van der Waals surface area contributed by atoms with Gasteiger partial charge in [0.05, 0.1) is 32.8 Å². The van der Waals surface area contributed by atoms with Gasteiger partial charge in [0.15, 0.2) is 0 Å². The van der Waals surface area contributed by atoms with Crippen molar-refractivity contribution in [3.05, 3.63) is 70.8 Å². The van der Waals surface area contributed by atoms with E-state index in [2.05, 4.69) is 27.7 Å². The van der Waals surface area contributed by atoms with Gasteiger partial charge in [-0.1, -0.05) is 54.1 Å². The number of aryl methyl sites for hydroxylation is 1. The molecule has 0 aromatic heterocycles. The van der Waals surface area contributed by atoms with Crippen molar-refractivity contribution in [2.24, 2.45) is 0 Å². The number of esters is 1. The standard InChI is InChI=1S/C24H31N3O4/c1-18-3-9-21(10-4-18)22(15-23(28)30-2)26-24(29)25-16-19-5-7-20(8-6-19)17-27-11-13-31-14-12-27/h3-10,22H,11-17H2,1-2H3,(H2,25,26,29). The molecule has 0 radical (unpaired) electrons. The summed E-state index contributed by atoms with van der Waals surface area (Å²) in [5.41, 5.74) is 4.23. The summed E-state index contributed by atoms with van der Waals surface area (Å²) in [7, 11) is 1.34. The van der Waals surface area contributed by atoms with E-state index >= 15 is 0 Å². The highest BCUT2D eigenvalue weighted by Gasteiger charge is 2.19. The number of hydrogen-bond acceptors (Lipinski definition) is 5. The molecule has 0 aliphatic carbocycles. The summed E-state index contributed by atoms with van der Waals surface area (Å²) in [6.07, 6.45) is 0.0726. The van der Waals surface area contributed by atoms with Gasteiger partial charge in [0.2, 0.25) is 0 Å². The van der Waals surface area contributed by atoms with Crippen molar-refractivity contribution in [1.82, 2.24) is 15.5 Å². The molecule has 1 saturated heterocycles. The largest absolute Gasteiger partial charge is 0.469 e. The topological polar surface area (TPSA) is 79.9 Å². The van der Waals surface area contributed by atoms with Crippen LogP contribution in [0.1, 0.15) is 34.7 Å². The Bertz CT molecular complexity index is 846. The van der Waals surface area contributed by atoms with Crippen LogP contribution in [0.15, 0.2) is 48.5 Å². The van der Waals surface area contributed by atoms with E-state index in [0.717, 1.165) is 49.5 Å². The first-order valence-corrected chi connectivity index (χ1v) is 10.6. The molecule has 2 aromatic rings. The van der Waals surface area contributed by atoms with E-state index in [1.54, 1.807) is 0 Å². The maximum absolute atomic E-state index is 12.5. The molecule has 7 heteroatoms. The molecule has 2 amide bonds. The molecule has 166 valence electrons. The molecular formula is C24H31N3O4. The highest BCUT2D eigenvalue weighted by molar-refractivity contribution is 5.76. The Morgan fingerprint density at radius 2 is 1.68 bits per heavy atom. The van der Waals surface area contributed by atoms with E-state index < -0.39 is 6.04 Å². The second-order valence-corrected chi connectivity index (χ2v) is 7.78. The van der Waals surface area contributed by atoms with Gasteiger partial charge in [0.25, 0.3) is 0 Å². The van der Waals surface area contributed by atoms with E-state index in [9.17, 15) is 9.59 Å². The van der Waals surface area contributed by atoms with Gasteiger partial charge >= 0.3 is 12.0 Å². The molecule has 1 unspecified atom stereocenters. The molecule has 1 aliphatic heterocycles. The van der Waals surface area contributed by atoms with Gasteiger partial charge in [0, 0.05) is 26.2 Å². The first kappa shape index (κ1) is 22.8.